The molecule has 3 nitrogen and oxygen atoms in total. The second-order valence-electron chi connectivity index (χ2n) is 3.93. The number of hydrogen-bond donors (Lipinski definition) is 0. The van der Waals surface area contributed by atoms with Crippen LogP contribution in [0, 0.1) is 0 Å². The fourth-order valence-corrected chi connectivity index (χ4v) is 2.61. The van der Waals surface area contributed by atoms with Crippen molar-refractivity contribution in [2.75, 3.05) is 0 Å². The van der Waals surface area contributed by atoms with Crippen LogP contribution in [0.3, 0.4) is 0 Å². The van der Waals surface area contributed by atoms with Gasteiger partial charge in [-0.1, -0.05) is 34.5 Å². The summed E-state index contributed by atoms with van der Waals surface area (Å²) in [5.41, 5.74) is 1.15. The number of carbonyl (C=O) groups is 1. The van der Waals surface area contributed by atoms with Gasteiger partial charge in [0, 0.05) is 27.8 Å². The molecule has 2 aromatic rings. The predicted octanol–water partition coefficient (Wildman–Crippen LogP) is 3.94. The number of halogens is 2. The van der Waals surface area contributed by atoms with E-state index >= 15 is 0 Å². The van der Waals surface area contributed by atoms with Crippen LogP contribution in [-0.2, 0) is 6.54 Å². The zero-order valence-electron chi connectivity index (χ0n) is 9.86. The largest absolute Gasteiger partial charge is 0.287 e. The summed E-state index contributed by atoms with van der Waals surface area (Å²) in [6, 6.07) is 6.91. The Morgan fingerprint density at radius 3 is 2.89 bits per heavy atom. The molecule has 0 N–H and O–H groups in total. The third-order valence-corrected chi connectivity index (χ3v) is 3.19. The highest BCUT2D eigenvalue weighted by Gasteiger charge is 2.15. The van der Waals surface area contributed by atoms with Crippen molar-refractivity contribution in [1.29, 1.82) is 0 Å². The molecule has 0 amide bonds. The molecule has 5 heteroatoms. The van der Waals surface area contributed by atoms with Crippen LogP contribution in [0.2, 0.25) is 5.02 Å². The van der Waals surface area contributed by atoms with Gasteiger partial charge in [-0.2, -0.15) is 5.10 Å². The van der Waals surface area contributed by atoms with Gasteiger partial charge in [0.15, 0.2) is 0 Å². The first-order valence-electron chi connectivity index (χ1n) is 5.64. The predicted molar refractivity (Wildman–Crippen MR) is 75.1 cm³/mol. The molecule has 0 bridgehead atoms. The summed E-state index contributed by atoms with van der Waals surface area (Å²) in [5, 5.41) is 4.68. The molecule has 0 fully saturated rings. The summed E-state index contributed by atoms with van der Waals surface area (Å²) in [7, 11) is 0. The van der Waals surface area contributed by atoms with Gasteiger partial charge in [0.05, 0.1) is 0 Å². The molecule has 0 saturated carbocycles. The van der Waals surface area contributed by atoms with E-state index in [1.807, 2.05) is 6.92 Å². The Hall–Kier alpha value is -1.13. The molecule has 1 aromatic heterocycles. The molecule has 0 aliphatic carbocycles. The summed E-state index contributed by atoms with van der Waals surface area (Å²) >= 11 is 9.29. The second kappa shape index (κ2) is 5.67. The van der Waals surface area contributed by atoms with E-state index in [0.29, 0.717) is 16.3 Å². The third kappa shape index (κ3) is 2.82. The van der Waals surface area contributed by atoms with E-state index in [2.05, 4.69) is 21.0 Å². The summed E-state index contributed by atoms with van der Waals surface area (Å²) in [5.74, 6) is -0.0656. The lowest BCUT2D eigenvalue weighted by Crippen LogP contribution is -2.11. The van der Waals surface area contributed by atoms with Crippen molar-refractivity contribution in [3.8, 4) is 0 Å². The third-order valence-electron chi connectivity index (χ3n) is 2.51. The van der Waals surface area contributed by atoms with Crippen LogP contribution < -0.4 is 0 Å². The maximum Gasteiger partial charge on any atom is 0.211 e. The molecule has 0 aliphatic heterocycles. The molecule has 0 aliphatic rings. The normalized spacial score (nSPS) is 10.6. The molecule has 0 unspecified atom stereocenters. The topological polar surface area (TPSA) is 34.9 Å². The minimum absolute atomic E-state index is 0.0656. The smallest absolute Gasteiger partial charge is 0.211 e. The highest BCUT2D eigenvalue weighted by molar-refractivity contribution is 9.10. The Bertz CT molecular complexity index is 560. The summed E-state index contributed by atoms with van der Waals surface area (Å²) < 4.78 is 2.51. The Morgan fingerprint density at radius 1 is 1.44 bits per heavy atom. The average molecular weight is 328 g/mol. The van der Waals surface area contributed by atoms with Gasteiger partial charge < -0.3 is 0 Å². The van der Waals surface area contributed by atoms with Crippen molar-refractivity contribution in [3.05, 3.63) is 51.2 Å². The number of hydrogen-bond acceptors (Lipinski definition) is 2. The molecule has 94 valence electrons. The average Bonchev–Trinajstić information content (AvgIpc) is 2.75. The van der Waals surface area contributed by atoms with Crippen molar-refractivity contribution < 1.29 is 4.79 Å². The quantitative estimate of drug-likeness (QED) is 0.797. The molecule has 0 spiro atoms. The molecule has 2 rings (SSSR count). The SMILES string of the molecule is CCCn1nccc1C(=O)c1cc(Cl)cc(Br)c1. The first-order chi connectivity index (χ1) is 8.61. The highest BCUT2D eigenvalue weighted by atomic mass is 79.9. The molecular formula is C13H12BrClN2O. The Morgan fingerprint density at radius 2 is 2.22 bits per heavy atom. The lowest BCUT2D eigenvalue weighted by molar-refractivity contribution is 0.102. The molecule has 18 heavy (non-hydrogen) atoms. The lowest BCUT2D eigenvalue weighted by Gasteiger charge is -2.06. The van der Waals surface area contributed by atoms with Crippen molar-refractivity contribution >= 4 is 33.3 Å². The summed E-state index contributed by atoms with van der Waals surface area (Å²) in [6.07, 6.45) is 2.57. The van der Waals surface area contributed by atoms with Crippen molar-refractivity contribution in [1.82, 2.24) is 9.78 Å². The number of ketones is 1. The van der Waals surface area contributed by atoms with Crippen LogP contribution in [0.25, 0.3) is 0 Å². The summed E-state index contributed by atoms with van der Waals surface area (Å²) in [4.78, 5) is 12.4. The Labute approximate surface area is 119 Å². The fourth-order valence-electron chi connectivity index (χ4n) is 1.75. The molecule has 0 atom stereocenters. The van der Waals surface area contributed by atoms with Crippen LogP contribution in [0.4, 0.5) is 0 Å². The van der Waals surface area contributed by atoms with E-state index in [0.717, 1.165) is 17.4 Å². The highest BCUT2D eigenvalue weighted by Crippen LogP contribution is 2.21. The van der Waals surface area contributed by atoms with E-state index in [1.165, 1.54) is 0 Å². The zero-order chi connectivity index (χ0) is 13.1. The van der Waals surface area contributed by atoms with Gasteiger partial charge in [-0.05, 0) is 30.7 Å². The molecule has 0 saturated heterocycles. The number of benzene rings is 1. The maximum absolute atomic E-state index is 12.4. The Balaban J connectivity index is 2.38. The maximum atomic E-state index is 12.4. The van der Waals surface area contributed by atoms with Crippen LogP contribution in [-0.4, -0.2) is 15.6 Å². The van der Waals surface area contributed by atoms with Gasteiger partial charge in [0.2, 0.25) is 5.78 Å². The van der Waals surface area contributed by atoms with Crippen molar-refractivity contribution in [3.63, 3.8) is 0 Å². The molecular weight excluding hydrogens is 316 g/mol. The van der Waals surface area contributed by atoms with E-state index < -0.39 is 0 Å². The van der Waals surface area contributed by atoms with Gasteiger partial charge in [-0.25, -0.2) is 0 Å². The minimum Gasteiger partial charge on any atom is -0.287 e. The number of rotatable bonds is 4. The van der Waals surface area contributed by atoms with Gasteiger partial charge >= 0.3 is 0 Å². The van der Waals surface area contributed by atoms with Gasteiger partial charge in [0.25, 0.3) is 0 Å². The van der Waals surface area contributed by atoms with Gasteiger partial charge in [0.1, 0.15) is 5.69 Å². The van der Waals surface area contributed by atoms with Crippen LogP contribution >= 0.6 is 27.5 Å². The monoisotopic (exact) mass is 326 g/mol. The lowest BCUT2D eigenvalue weighted by atomic mass is 10.1. The van der Waals surface area contributed by atoms with Crippen molar-refractivity contribution in [2.24, 2.45) is 0 Å². The van der Waals surface area contributed by atoms with E-state index in [4.69, 9.17) is 11.6 Å². The second-order valence-corrected chi connectivity index (χ2v) is 5.28. The zero-order valence-corrected chi connectivity index (χ0v) is 12.2. The Kier molecular flexibility index (Phi) is 4.19. The number of nitrogens with zero attached hydrogens (tertiary/aromatic N) is 2. The fraction of sp³-hybridized carbons (Fsp3) is 0.231. The van der Waals surface area contributed by atoms with Crippen LogP contribution in [0.5, 0.6) is 0 Å². The molecule has 1 heterocycles. The molecule has 0 radical (unpaired) electrons. The minimum atomic E-state index is -0.0656. The van der Waals surface area contributed by atoms with Crippen molar-refractivity contribution in [2.45, 2.75) is 19.9 Å². The first kappa shape index (κ1) is 13.3. The van der Waals surface area contributed by atoms with Gasteiger partial charge in [-0.3, -0.25) is 9.48 Å². The van der Waals surface area contributed by atoms with Crippen LogP contribution in [0.1, 0.15) is 29.4 Å². The number of aryl methyl sites for hydroxylation is 1. The van der Waals surface area contributed by atoms with E-state index in [1.54, 1.807) is 35.1 Å². The standard InChI is InChI=1S/C13H12BrClN2O/c1-2-5-17-12(3-4-16-17)13(18)9-6-10(14)8-11(15)7-9/h3-4,6-8H,2,5H2,1H3. The van der Waals surface area contributed by atoms with E-state index in [9.17, 15) is 4.79 Å². The van der Waals surface area contributed by atoms with Gasteiger partial charge in [-0.15, -0.1) is 0 Å². The van der Waals surface area contributed by atoms with Crippen LogP contribution in [0.15, 0.2) is 34.9 Å². The van der Waals surface area contributed by atoms with E-state index in [-0.39, 0.29) is 5.78 Å². The molecule has 1 aromatic carbocycles. The number of carbonyl (C=O) groups excluding carboxylic acids is 1. The summed E-state index contributed by atoms with van der Waals surface area (Å²) in [6.45, 7) is 2.78. The first-order valence-corrected chi connectivity index (χ1v) is 6.81. The number of aromatic nitrogens is 2.